The van der Waals surface area contributed by atoms with Crippen LogP contribution in [0.2, 0.25) is 0 Å². The minimum atomic E-state index is 1.34. The van der Waals surface area contributed by atoms with Crippen LogP contribution in [0.1, 0.15) is 0 Å². The summed E-state index contributed by atoms with van der Waals surface area (Å²) in [5.74, 6) is 0. The van der Waals surface area contributed by atoms with E-state index in [1.165, 1.54) is 231 Å². The van der Waals surface area contributed by atoms with Crippen molar-refractivity contribution in [3.8, 4) is 156 Å². The SMILES string of the molecule is c1ccc2c(c1)-c1cccc3cccc-2c13.c1ccc2c(c1)-c1cccc3cccc-2c13.c1ccc2c(c1)-c1cccc3cccc-2c13.c1ccc2c(c1)-c1cccc3cccc-2c13.c1ccc2c(c1)-c1cccc3cccc-2c13.c1ccc2c(c1)-c1cccc3cccc-2c13.c1ccc2c(c1)-c1cccc3cccc-2c13. The van der Waals surface area contributed by atoms with Crippen molar-refractivity contribution in [2.45, 2.75) is 0 Å². The van der Waals surface area contributed by atoms with Gasteiger partial charge in [-0.05, 0) is 231 Å². The summed E-state index contributed by atoms with van der Waals surface area (Å²) in [6, 6.07) is 152. The van der Waals surface area contributed by atoms with Gasteiger partial charge in [0.1, 0.15) is 0 Å². The molecule has 21 aromatic rings. The summed E-state index contributed by atoms with van der Waals surface area (Å²) < 4.78 is 0. The molecule has 0 heteroatoms. The lowest BCUT2D eigenvalue weighted by atomic mass is 10.0. The first kappa shape index (κ1) is 64.6. The van der Waals surface area contributed by atoms with Gasteiger partial charge in [0, 0.05) is 0 Å². The van der Waals surface area contributed by atoms with Crippen LogP contribution in [0.3, 0.4) is 0 Å². The molecule has 7 aliphatic rings. The summed E-state index contributed by atoms with van der Waals surface area (Å²) in [5.41, 5.74) is 38.5. The fraction of sp³-hybridized carbons (Fsp3) is 0. The second-order valence-corrected chi connectivity index (χ2v) is 29.8. The van der Waals surface area contributed by atoms with E-state index < -0.39 is 0 Å². The Bertz CT molecular complexity index is 5800. The molecule has 7 aliphatic carbocycles. The van der Waals surface area contributed by atoms with Gasteiger partial charge in [-0.2, -0.15) is 0 Å². The molecule has 0 saturated carbocycles. The third kappa shape index (κ3) is 10.4. The van der Waals surface area contributed by atoms with Crippen LogP contribution in [0.25, 0.3) is 231 Å². The van der Waals surface area contributed by atoms with E-state index in [1.54, 1.807) is 0 Å². The van der Waals surface area contributed by atoms with Crippen LogP contribution in [0, 0.1) is 0 Å². The minimum absolute atomic E-state index is 1.34. The van der Waals surface area contributed by atoms with E-state index in [2.05, 4.69) is 425 Å². The van der Waals surface area contributed by atoms with Crippen LogP contribution in [-0.4, -0.2) is 0 Å². The average molecular weight is 1420 g/mol. The van der Waals surface area contributed by atoms with Gasteiger partial charge < -0.3 is 0 Å². The Morgan fingerprint density at radius 2 is 0.134 bits per heavy atom. The van der Waals surface area contributed by atoms with Gasteiger partial charge in [0.25, 0.3) is 0 Å². The van der Waals surface area contributed by atoms with Gasteiger partial charge in [-0.1, -0.05) is 425 Å². The van der Waals surface area contributed by atoms with Crippen molar-refractivity contribution in [2.75, 3.05) is 0 Å². The lowest BCUT2D eigenvalue weighted by Crippen LogP contribution is -1.73. The molecule has 21 aromatic carbocycles. The lowest BCUT2D eigenvalue weighted by Gasteiger charge is -2.00. The standard InChI is InChI=1S/7C16H10/c7*1-2-8-13-12(7-1)14-9-3-5-11-6-4-10-15(13)16(11)14/h7*1-10H. The molecule has 0 aromatic heterocycles. The largest absolute Gasteiger partial charge is 0.0616 e. The number of benzene rings is 21. The summed E-state index contributed by atoms with van der Waals surface area (Å²) in [4.78, 5) is 0. The number of hydrogen-bond acceptors (Lipinski definition) is 0. The van der Waals surface area contributed by atoms with Crippen molar-refractivity contribution in [3.63, 3.8) is 0 Å². The predicted octanol–water partition coefficient (Wildman–Crippen LogP) is 31.4. The molecule has 28 rings (SSSR count). The number of fused-ring (bicyclic) bond motifs is 21. The molecule has 0 fully saturated rings. The highest BCUT2D eigenvalue weighted by atomic mass is 14.3. The first-order chi connectivity index (χ1) is 55.6. The topological polar surface area (TPSA) is 0 Å². The minimum Gasteiger partial charge on any atom is -0.0616 e. The van der Waals surface area contributed by atoms with Gasteiger partial charge in [-0.15, -0.1) is 0 Å². The first-order valence-electron chi connectivity index (χ1n) is 39.0. The zero-order chi connectivity index (χ0) is 73.7. The van der Waals surface area contributed by atoms with Gasteiger partial charge in [-0.25, -0.2) is 0 Å². The number of rotatable bonds is 0. The molecule has 0 amide bonds. The van der Waals surface area contributed by atoms with E-state index in [-0.39, 0.29) is 0 Å². The molecule has 0 atom stereocenters. The Hall–Kier alpha value is -14.6. The third-order valence-electron chi connectivity index (χ3n) is 23.9. The molecular formula is C112H70. The van der Waals surface area contributed by atoms with Crippen molar-refractivity contribution in [3.05, 3.63) is 425 Å². The number of hydrogen-bond donors (Lipinski definition) is 0. The van der Waals surface area contributed by atoms with E-state index in [9.17, 15) is 0 Å². The molecular weight excluding hydrogens is 1350 g/mol. The monoisotopic (exact) mass is 1410 g/mol. The normalized spacial score (nSPS) is 11.8. The Labute approximate surface area is 651 Å². The van der Waals surface area contributed by atoms with Crippen LogP contribution < -0.4 is 0 Å². The Balaban J connectivity index is 0.0000000801. The zero-order valence-electron chi connectivity index (χ0n) is 61.4. The lowest BCUT2D eigenvalue weighted by molar-refractivity contribution is 1.70. The smallest absolute Gasteiger partial charge is 0.00264 e. The summed E-state index contributed by atoms with van der Waals surface area (Å²) in [7, 11) is 0. The summed E-state index contributed by atoms with van der Waals surface area (Å²) in [6.45, 7) is 0. The third-order valence-corrected chi connectivity index (χ3v) is 23.9. The molecule has 0 radical (unpaired) electrons. The van der Waals surface area contributed by atoms with Crippen LogP contribution >= 0.6 is 0 Å². The molecule has 0 spiro atoms. The fourth-order valence-electron chi connectivity index (χ4n) is 19.2. The summed E-state index contributed by atoms with van der Waals surface area (Å²) in [5, 5.41) is 19.2. The molecule has 0 saturated heterocycles. The highest BCUT2D eigenvalue weighted by Crippen LogP contribution is 2.54. The van der Waals surface area contributed by atoms with E-state index >= 15 is 0 Å². The van der Waals surface area contributed by atoms with Crippen molar-refractivity contribution in [1.82, 2.24) is 0 Å². The highest BCUT2D eigenvalue weighted by Gasteiger charge is 2.27. The van der Waals surface area contributed by atoms with Crippen LogP contribution in [0.5, 0.6) is 0 Å². The Morgan fingerprint density at radius 3 is 0.214 bits per heavy atom. The molecule has 0 N–H and O–H groups in total. The van der Waals surface area contributed by atoms with Crippen molar-refractivity contribution in [2.24, 2.45) is 0 Å². The first-order valence-corrected chi connectivity index (χ1v) is 39.0. The maximum absolute atomic E-state index is 2.22. The molecule has 0 nitrogen and oxygen atoms in total. The molecule has 0 aliphatic heterocycles. The quantitative estimate of drug-likeness (QED) is 0.142. The maximum Gasteiger partial charge on any atom is -0.00264 e. The van der Waals surface area contributed by atoms with Gasteiger partial charge >= 0.3 is 0 Å². The fourth-order valence-corrected chi connectivity index (χ4v) is 19.2. The van der Waals surface area contributed by atoms with Gasteiger partial charge in [0.2, 0.25) is 0 Å². The van der Waals surface area contributed by atoms with Crippen LogP contribution in [0.4, 0.5) is 0 Å². The zero-order valence-corrected chi connectivity index (χ0v) is 61.4. The molecule has 0 heterocycles. The average Bonchev–Trinajstić information content (AvgIpc) is 1.65. The van der Waals surface area contributed by atoms with E-state index in [4.69, 9.17) is 0 Å². The van der Waals surface area contributed by atoms with Crippen LogP contribution in [-0.2, 0) is 0 Å². The van der Waals surface area contributed by atoms with Gasteiger partial charge in [-0.3, -0.25) is 0 Å². The van der Waals surface area contributed by atoms with Crippen molar-refractivity contribution in [1.29, 1.82) is 0 Å². The summed E-state index contributed by atoms with van der Waals surface area (Å²) >= 11 is 0. The molecule has 518 valence electrons. The van der Waals surface area contributed by atoms with Gasteiger partial charge in [0.15, 0.2) is 0 Å². The predicted molar refractivity (Wildman–Crippen MR) is 479 cm³/mol. The Kier molecular flexibility index (Phi) is 15.4. The highest BCUT2D eigenvalue weighted by molar-refractivity contribution is 6.21. The second kappa shape index (κ2) is 26.7. The van der Waals surface area contributed by atoms with E-state index in [0.717, 1.165) is 0 Å². The molecule has 0 bridgehead atoms. The van der Waals surface area contributed by atoms with Crippen molar-refractivity contribution >= 4 is 75.4 Å². The van der Waals surface area contributed by atoms with Crippen LogP contribution in [0.15, 0.2) is 425 Å². The summed E-state index contributed by atoms with van der Waals surface area (Å²) in [6.07, 6.45) is 0. The maximum atomic E-state index is 2.22. The molecule has 0 unspecified atom stereocenters. The van der Waals surface area contributed by atoms with E-state index in [1.807, 2.05) is 0 Å². The van der Waals surface area contributed by atoms with E-state index in [0.29, 0.717) is 0 Å². The van der Waals surface area contributed by atoms with Crippen molar-refractivity contribution < 1.29 is 0 Å². The second-order valence-electron chi connectivity index (χ2n) is 29.8. The molecule has 112 heavy (non-hydrogen) atoms. The Morgan fingerprint density at radius 1 is 0.0625 bits per heavy atom. The van der Waals surface area contributed by atoms with Gasteiger partial charge in [0.05, 0.1) is 0 Å².